The van der Waals surface area contributed by atoms with Gasteiger partial charge in [0.05, 0.1) is 0 Å². The quantitative estimate of drug-likeness (QED) is 0.653. The van der Waals surface area contributed by atoms with Gasteiger partial charge in [-0.25, -0.2) is 0 Å². The number of benzene rings is 3. The first-order valence-corrected chi connectivity index (χ1v) is 10.2. The van der Waals surface area contributed by atoms with Crippen LogP contribution in [0.3, 0.4) is 0 Å². The van der Waals surface area contributed by atoms with Crippen molar-refractivity contribution in [2.24, 2.45) is 5.73 Å². The molecule has 0 spiro atoms. The maximum absolute atomic E-state index is 5.71. The number of halogens is 1. The molecular formula is C19H18IN. The van der Waals surface area contributed by atoms with Crippen molar-refractivity contribution in [3.63, 3.8) is 0 Å². The summed E-state index contributed by atoms with van der Waals surface area (Å²) in [6.45, 7) is 0.602. The summed E-state index contributed by atoms with van der Waals surface area (Å²) in [6, 6.07) is 30.6. The number of nitrogens with two attached hydrogens (primary N) is 1. The fraction of sp³-hybridized carbons (Fsp3) is 0.0526. The Kier molecular flexibility index (Phi) is 4.68. The van der Waals surface area contributed by atoms with Crippen LogP contribution in [-0.4, -0.2) is 0 Å². The fourth-order valence-corrected chi connectivity index (χ4v) is 7.71. The molecule has 2 N–H and O–H groups in total. The first kappa shape index (κ1) is 14.3. The van der Waals surface area contributed by atoms with Gasteiger partial charge in [0.1, 0.15) is 0 Å². The summed E-state index contributed by atoms with van der Waals surface area (Å²) in [6.07, 6.45) is 0. The molecule has 106 valence electrons. The average molecular weight is 387 g/mol. The second kappa shape index (κ2) is 6.87. The minimum atomic E-state index is -1.59. The van der Waals surface area contributed by atoms with Crippen LogP contribution in [0.15, 0.2) is 84.9 Å². The second-order valence-electron chi connectivity index (χ2n) is 4.71. The van der Waals surface area contributed by atoms with Crippen molar-refractivity contribution < 1.29 is 0 Å². The summed E-state index contributed by atoms with van der Waals surface area (Å²) in [7, 11) is 0. The van der Waals surface area contributed by atoms with Gasteiger partial charge < -0.3 is 0 Å². The van der Waals surface area contributed by atoms with Crippen molar-refractivity contribution in [3.05, 3.63) is 101 Å². The van der Waals surface area contributed by atoms with E-state index in [1.807, 2.05) is 0 Å². The van der Waals surface area contributed by atoms with E-state index < -0.39 is 19.8 Å². The van der Waals surface area contributed by atoms with Crippen molar-refractivity contribution in [3.8, 4) is 0 Å². The molecule has 0 unspecified atom stereocenters. The predicted molar refractivity (Wildman–Crippen MR) is 97.3 cm³/mol. The van der Waals surface area contributed by atoms with Gasteiger partial charge >= 0.3 is 133 Å². The van der Waals surface area contributed by atoms with Gasteiger partial charge in [0.25, 0.3) is 0 Å². The Bertz CT molecular complexity index is 638. The van der Waals surface area contributed by atoms with Gasteiger partial charge in [-0.05, 0) is 0 Å². The zero-order chi connectivity index (χ0) is 14.5. The van der Waals surface area contributed by atoms with Crippen molar-refractivity contribution in [2.75, 3.05) is 0 Å². The Morgan fingerprint density at radius 2 is 1.00 bits per heavy atom. The zero-order valence-electron chi connectivity index (χ0n) is 11.7. The van der Waals surface area contributed by atoms with Crippen LogP contribution in [0.25, 0.3) is 0 Å². The van der Waals surface area contributed by atoms with E-state index in [-0.39, 0.29) is 0 Å². The first-order valence-electron chi connectivity index (χ1n) is 6.97. The molecule has 3 aromatic rings. The molecule has 0 saturated carbocycles. The Morgan fingerprint density at radius 3 is 1.43 bits per heavy atom. The Hall–Kier alpha value is -1.65. The molecule has 0 aliphatic heterocycles. The molecule has 0 fully saturated rings. The third kappa shape index (κ3) is 3.34. The molecular weight excluding hydrogens is 369 g/mol. The SMILES string of the molecule is NCc1ccc(I(c2ccccc2)c2ccccc2)cc1. The molecule has 0 atom stereocenters. The molecule has 0 radical (unpaired) electrons. The number of hydrogen-bond acceptors (Lipinski definition) is 1. The zero-order valence-corrected chi connectivity index (χ0v) is 13.9. The van der Waals surface area contributed by atoms with Crippen LogP contribution >= 0.6 is 19.8 Å². The molecule has 3 aromatic carbocycles. The molecule has 0 aliphatic carbocycles. The molecule has 1 nitrogen and oxygen atoms in total. The Balaban J connectivity index is 2.07. The van der Waals surface area contributed by atoms with Crippen LogP contribution in [-0.2, 0) is 6.54 Å². The van der Waals surface area contributed by atoms with Crippen molar-refractivity contribution in [1.29, 1.82) is 0 Å². The van der Waals surface area contributed by atoms with E-state index in [4.69, 9.17) is 5.73 Å². The van der Waals surface area contributed by atoms with Gasteiger partial charge in [0, 0.05) is 0 Å². The predicted octanol–water partition coefficient (Wildman–Crippen LogP) is 4.56. The summed E-state index contributed by atoms with van der Waals surface area (Å²) in [5.41, 5.74) is 6.90. The standard InChI is InChI=1S/C19H18IN/c21-15-16-11-13-19(14-12-16)20(17-7-3-1-4-8-17)18-9-5-2-6-10-18/h1-14H,15,21H2. The molecule has 0 saturated heterocycles. The van der Waals surface area contributed by atoms with Crippen molar-refractivity contribution in [2.45, 2.75) is 6.54 Å². The monoisotopic (exact) mass is 387 g/mol. The fourth-order valence-electron chi connectivity index (χ4n) is 2.21. The van der Waals surface area contributed by atoms with Crippen molar-refractivity contribution >= 4 is 19.8 Å². The van der Waals surface area contributed by atoms with Gasteiger partial charge in [-0.15, -0.1) is 0 Å². The summed E-state index contributed by atoms with van der Waals surface area (Å²) in [4.78, 5) is 0. The molecule has 0 amide bonds. The van der Waals surface area contributed by atoms with E-state index in [1.165, 1.54) is 16.3 Å². The molecule has 3 rings (SSSR count). The van der Waals surface area contributed by atoms with Crippen LogP contribution in [0.2, 0.25) is 0 Å². The van der Waals surface area contributed by atoms with Gasteiger partial charge in [-0.2, -0.15) is 0 Å². The molecule has 0 aromatic heterocycles. The van der Waals surface area contributed by atoms with E-state index >= 15 is 0 Å². The number of hydrogen-bond donors (Lipinski definition) is 1. The third-order valence-electron chi connectivity index (χ3n) is 3.27. The third-order valence-corrected chi connectivity index (χ3v) is 9.16. The van der Waals surface area contributed by atoms with Gasteiger partial charge in [-0.1, -0.05) is 0 Å². The van der Waals surface area contributed by atoms with E-state index in [1.54, 1.807) is 0 Å². The molecule has 0 heterocycles. The van der Waals surface area contributed by atoms with Crippen LogP contribution in [0.5, 0.6) is 0 Å². The maximum atomic E-state index is 5.71. The normalized spacial score (nSPS) is 11.2. The van der Waals surface area contributed by atoms with E-state index in [0.29, 0.717) is 6.54 Å². The summed E-state index contributed by atoms with van der Waals surface area (Å²) < 4.78 is 4.38. The first-order chi connectivity index (χ1) is 10.4. The van der Waals surface area contributed by atoms with E-state index in [2.05, 4.69) is 84.9 Å². The minimum absolute atomic E-state index is 0.602. The van der Waals surface area contributed by atoms with E-state index in [9.17, 15) is 0 Å². The van der Waals surface area contributed by atoms with Crippen LogP contribution in [0.1, 0.15) is 5.56 Å². The average Bonchev–Trinajstić information content (AvgIpc) is 2.58. The number of rotatable bonds is 4. The molecule has 2 heteroatoms. The topological polar surface area (TPSA) is 26.0 Å². The van der Waals surface area contributed by atoms with Crippen LogP contribution < -0.4 is 5.73 Å². The summed E-state index contributed by atoms with van der Waals surface area (Å²) in [5, 5.41) is 0. The Morgan fingerprint density at radius 1 is 0.571 bits per heavy atom. The van der Waals surface area contributed by atoms with Gasteiger partial charge in [-0.3, -0.25) is 0 Å². The van der Waals surface area contributed by atoms with Gasteiger partial charge in [0.2, 0.25) is 0 Å². The molecule has 21 heavy (non-hydrogen) atoms. The van der Waals surface area contributed by atoms with Gasteiger partial charge in [0.15, 0.2) is 0 Å². The summed E-state index contributed by atoms with van der Waals surface area (Å²) >= 11 is -1.59. The summed E-state index contributed by atoms with van der Waals surface area (Å²) in [5.74, 6) is 0. The molecule has 0 bridgehead atoms. The Labute approximate surface area is 133 Å². The second-order valence-corrected chi connectivity index (χ2v) is 10.1. The molecule has 0 aliphatic rings. The van der Waals surface area contributed by atoms with Crippen LogP contribution in [0.4, 0.5) is 0 Å². The van der Waals surface area contributed by atoms with Crippen molar-refractivity contribution in [1.82, 2.24) is 0 Å². The van der Waals surface area contributed by atoms with Crippen LogP contribution in [0, 0.1) is 10.7 Å². The van der Waals surface area contributed by atoms with E-state index in [0.717, 1.165) is 0 Å².